The number of benzene rings is 2. The van der Waals surface area contributed by atoms with E-state index in [-0.39, 0.29) is 5.91 Å². The topological polar surface area (TPSA) is 54.0 Å². The van der Waals surface area contributed by atoms with Crippen molar-refractivity contribution in [3.8, 4) is 0 Å². The first-order valence-electron chi connectivity index (χ1n) is 8.01. The summed E-state index contributed by atoms with van der Waals surface area (Å²) in [6.07, 6.45) is 2.40. The van der Waals surface area contributed by atoms with Crippen LogP contribution < -0.4 is 10.6 Å². The van der Waals surface area contributed by atoms with E-state index >= 15 is 0 Å². The number of nitrogens with one attached hydrogen (secondary N) is 2. The molecule has 1 amide bonds. The highest BCUT2D eigenvalue weighted by Crippen LogP contribution is 2.19. The predicted molar refractivity (Wildman–Crippen MR) is 101 cm³/mol. The van der Waals surface area contributed by atoms with Crippen LogP contribution in [0.4, 0.5) is 11.4 Å². The van der Waals surface area contributed by atoms with Crippen LogP contribution in [-0.2, 0) is 6.42 Å². The molecule has 0 spiro atoms. The fourth-order valence-electron chi connectivity index (χ4n) is 2.39. The number of aromatic nitrogens is 1. The molecule has 0 bridgehead atoms. The predicted octanol–water partition coefficient (Wildman–Crippen LogP) is 4.45. The highest BCUT2D eigenvalue weighted by Gasteiger charge is 2.07. The molecule has 4 nitrogen and oxygen atoms in total. The minimum Gasteiger partial charge on any atom is -0.355 e. The van der Waals surface area contributed by atoms with Crippen molar-refractivity contribution in [2.45, 2.75) is 6.42 Å². The lowest BCUT2D eigenvalue weighted by Gasteiger charge is -2.09. The Morgan fingerprint density at radius 3 is 2.48 bits per heavy atom. The normalized spacial score (nSPS) is 10.3. The van der Waals surface area contributed by atoms with Gasteiger partial charge in [0, 0.05) is 29.1 Å². The van der Waals surface area contributed by atoms with Crippen LogP contribution in [0.15, 0.2) is 72.9 Å². The fraction of sp³-hybridized carbons (Fsp3) is 0.100. The van der Waals surface area contributed by atoms with Crippen LogP contribution in [0.25, 0.3) is 0 Å². The van der Waals surface area contributed by atoms with Gasteiger partial charge in [-0.2, -0.15) is 0 Å². The van der Waals surface area contributed by atoms with Crippen LogP contribution in [0.5, 0.6) is 0 Å². The number of pyridine rings is 1. The first-order valence-corrected chi connectivity index (χ1v) is 8.39. The first-order chi connectivity index (χ1) is 12.2. The van der Waals surface area contributed by atoms with Gasteiger partial charge >= 0.3 is 0 Å². The Hall–Kier alpha value is -2.85. The van der Waals surface area contributed by atoms with Gasteiger partial charge < -0.3 is 10.6 Å². The van der Waals surface area contributed by atoms with Gasteiger partial charge in [0.1, 0.15) is 5.69 Å². The highest BCUT2D eigenvalue weighted by molar-refractivity contribution is 6.30. The number of nitrogens with zero attached hydrogens (tertiary/aromatic N) is 1. The third-order valence-corrected chi connectivity index (χ3v) is 3.92. The third-order valence-electron chi connectivity index (χ3n) is 3.67. The zero-order valence-electron chi connectivity index (χ0n) is 13.6. The zero-order valence-corrected chi connectivity index (χ0v) is 14.3. The number of halogens is 1. The molecule has 3 aromatic rings. The van der Waals surface area contributed by atoms with Gasteiger partial charge in [0.2, 0.25) is 0 Å². The molecule has 0 atom stereocenters. The maximum atomic E-state index is 12.3. The van der Waals surface area contributed by atoms with Gasteiger partial charge in [-0.3, -0.25) is 9.78 Å². The molecule has 0 aliphatic heterocycles. The van der Waals surface area contributed by atoms with Crippen molar-refractivity contribution in [2.24, 2.45) is 0 Å². The van der Waals surface area contributed by atoms with Gasteiger partial charge in [-0.25, -0.2) is 0 Å². The SMILES string of the molecule is O=C(NCCc1ccccc1)c1cc(Nc2ccc(Cl)cc2)ccn1. The van der Waals surface area contributed by atoms with E-state index in [1.807, 2.05) is 60.7 Å². The summed E-state index contributed by atoms with van der Waals surface area (Å²) in [5.74, 6) is -0.185. The van der Waals surface area contributed by atoms with Crippen molar-refractivity contribution in [3.05, 3.63) is 89.2 Å². The van der Waals surface area contributed by atoms with E-state index in [1.54, 1.807) is 12.3 Å². The number of amides is 1. The number of anilines is 2. The second-order valence-corrected chi connectivity index (χ2v) is 5.99. The minimum atomic E-state index is -0.185. The van der Waals surface area contributed by atoms with E-state index in [0.717, 1.165) is 17.8 Å². The Kier molecular flexibility index (Phi) is 5.65. The maximum Gasteiger partial charge on any atom is 0.269 e. The molecular weight excluding hydrogens is 334 g/mol. The second kappa shape index (κ2) is 8.31. The Morgan fingerprint density at radius 2 is 1.72 bits per heavy atom. The molecule has 3 rings (SSSR count). The van der Waals surface area contributed by atoms with Gasteiger partial charge in [0.15, 0.2) is 0 Å². The van der Waals surface area contributed by atoms with E-state index in [0.29, 0.717) is 17.3 Å². The number of hydrogen-bond donors (Lipinski definition) is 2. The van der Waals surface area contributed by atoms with Crippen LogP contribution >= 0.6 is 11.6 Å². The van der Waals surface area contributed by atoms with Gasteiger partial charge in [-0.1, -0.05) is 41.9 Å². The maximum absolute atomic E-state index is 12.3. The van der Waals surface area contributed by atoms with Crippen molar-refractivity contribution < 1.29 is 4.79 Å². The molecule has 0 aliphatic carbocycles. The van der Waals surface area contributed by atoms with Crippen molar-refractivity contribution in [1.82, 2.24) is 10.3 Å². The molecule has 0 saturated heterocycles. The van der Waals surface area contributed by atoms with Crippen molar-refractivity contribution >= 4 is 28.9 Å². The second-order valence-electron chi connectivity index (χ2n) is 5.55. The number of hydrogen-bond acceptors (Lipinski definition) is 3. The lowest BCUT2D eigenvalue weighted by Crippen LogP contribution is -2.26. The van der Waals surface area contributed by atoms with E-state index in [9.17, 15) is 4.79 Å². The summed E-state index contributed by atoms with van der Waals surface area (Å²) in [4.78, 5) is 16.4. The highest BCUT2D eigenvalue weighted by atomic mass is 35.5. The molecule has 126 valence electrons. The molecule has 1 aromatic heterocycles. The first kappa shape index (κ1) is 17.0. The summed E-state index contributed by atoms with van der Waals surface area (Å²) < 4.78 is 0. The van der Waals surface area contributed by atoms with Gasteiger partial charge in [0.05, 0.1) is 0 Å². The molecule has 0 aliphatic rings. The van der Waals surface area contributed by atoms with Crippen LogP contribution in [0.1, 0.15) is 16.1 Å². The summed E-state index contributed by atoms with van der Waals surface area (Å²) in [7, 11) is 0. The minimum absolute atomic E-state index is 0.185. The molecule has 25 heavy (non-hydrogen) atoms. The van der Waals surface area contributed by atoms with E-state index < -0.39 is 0 Å². The van der Waals surface area contributed by atoms with Crippen LogP contribution in [0.3, 0.4) is 0 Å². The van der Waals surface area contributed by atoms with E-state index in [2.05, 4.69) is 15.6 Å². The van der Waals surface area contributed by atoms with Gasteiger partial charge in [0.25, 0.3) is 5.91 Å². The standard InChI is InChI=1S/C20H18ClN3O/c21-16-6-8-17(9-7-16)24-18-11-13-22-19(14-18)20(25)23-12-10-15-4-2-1-3-5-15/h1-9,11,13-14H,10,12H2,(H,22,24)(H,23,25). The quantitative estimate of drug-likeness (QED) is 0.689. The summed E-state index contributed by atoms with van der Waals surface area (Å²) in [6.45, 7) is 0.569. The smallest absolute Gasteiger partial charge is 0.269 e. The summed E-state index contributed by atoms with van der Waals surface area (Å²) >= 11 is 5.88. The van der Waals surface area contributed by atoms with E-state index in [4.69, 9.17) is 11.6 Å². The molecule has 0 radical (unpaired) electrons. The molecule has 5 heteroatoms. The zero-order chi connectivity index (χ0) is 17.5. The van der Waals surface area contributed by atoms with E-state index in [1.165, 1.54) is 5.56 Å². The Morgan fingerprint density at radius 1 is 0.960 bits per heavy atom. The molecular formula is C20H18ClN3O. The molecule has 2 aromatic carbocycles. The summed E-state index contributed by atoms with van der Waals surface area (Å²) in [5, 5.41) is 6.81. The van der Waals surface area contributed by atoms with Crippen molar-refractivity contribution in [1.29, 1.82) is 0 Å². The lowest BCUT2D eigenvalue weighted by atomic mass is 10.1. The average molecular weight is 352 g/mol. The third kappa shape index (κ3) is 5.06. The summed E-state index contributed by atoms with van der Waals surface area (Å²) in [5.41, 5.74) is 3.26. The molecule has 0 saturated carbocycles. The Bertz CT molecular complexity index is 835. The Labute approximate surface area is 151 Å². The average Bonchev–Trinajstić information content (AvgIpc) is 2.65. The molecule has 1 heterocycles. The molecule has 0 fully saturated rings. The van der Waals surface area contributed by atoms with Gasteiger partial charge in [-0.05, 0) is 48.4 Å². The lowest BCUT2D eigenvalue weighted by molar-refractivity contribution is 0.0949. The monoisotopic (exact) mass is 351 g/mol. The van der Waals surface area contributed by atoms with Crippen molar-refractivity contribution in [2.75, 3.05) is 11.9 Å². The van der Waals surface area contributed by atoms with Crippen LogP contribution in [0.2, 0.25) is 5.02 Å². The number of carbonyl (C=O) groups is 1. The van der Waals surface area contributed by atoms with Crippen LogP contribution in [-0.4, -0.2) is 17.4 Å². The largest absolute Gasteiger partial charge is 0.355 e. The fourth-order valence-corrected chi connectivity index (χ4v) is 2.51. The van der Waals surface area contributed by atoms with Crippen LogP contribution in [0, 0.1) is 0 Å². The number of carbonyl (C=O) groups excluding carboxylic acids is 1. The molecule has 2 N–H and O–H groups in total. The Balaban J connectivity index is 1.58. The number of rotatable bonds is 6. The van der Waals surface area contributed by atoms with Gasteiger partial charge in [-0.15, -0.1) is 0 Å². The van der Waals surface area contributed by atoms with Crippen molar-refractivity contribution in [3.63, 3.8) is 0 Å². The summed E-state index contributed by atoms with van der Waals surface area (Å²) in [6, 6.07) is 21.0. The molecule has 0 unspecified atom stereocenters.